The standard InChI is InChI=1S/C10H18N4O2/c1-4-16-10(15)8(11)5-14-6-12-9(13-14)7(2)3/h6-8H,4-5,11H2,1-3H3. The summed E-state index contributed by atoms with van der Waals surface area (Å²) < 4.78 is 6.37. The van der Waals surface area contributed by atoms with Gasteiger partial charge in [0.1, 0.15) is 12.4 Å². The molecule has 0 bridgehead atoms. The quantitative estimate of drug-likeness (QED) is 0.730. The van der Waals surface area contributed by atoms with E-state index in [2.05, 4.69) is 10.1 Å². The molecule has 0 aliphatic heterocycles. The molecule has 0 radical (unpaired) electrons. The van der Waals surface area contributed by atoms with Crippen LogP contribution < -0.4 is 5.73 Å². The Morgan fingerprint density at radius 2 is 2.31 bits per heavy atom. The van der Waals surface area contributed by atoms with E-state index in [1.54, 1.807) is 17.9 Å². The van der Waals surface area contributed by atoms with Crippen molar-refractivity contribution in [3.05, 3.63) is 12.2 Å². The Balaban J connectivity index is 2.55. The molecule has 0 fully saturated rings. The fourth-order valence-corrected chi connectivity index (χ4v) is 1.19. The fourth-order valence-electron chi connectivity index (χ4n) is 1.19. The predicted molar refractivity (Wildman–Crippen MR) is 58.7 cm³/mol. The number of carbonyl (C=O) groups excluding carboxylic acids is 1. The van der Waals surface area contributed by atoms with Crippen LogP contribution in [0, 0.1) is 0 Å². The van der Waals surface area contributed by atoms with Crippen LogP contribution in [0.3, 0.4) is 0 Å². The first-order valence-electron chi connectivity index (χ1n) is 5.36. The predicted octanol–water partition coefficient (Wildman–Crippen LogP) is 0.292. The molecule has 1 aromatic rings. The largest absolute Gasteiger partial charge is 0.465 e. The van der Waals surface area contributed by atoms with E-state index in [0.29, 0.717) is 13.2 Å². The monoisotopic (exact) mass is 226 g/mol. The van der Waals surface area contributed by atoms with Crippen LogP contribution >= 0.6 is 0 Å². The van der Waals surface area contributed by atoms with Crippen molar-refractivity contribution in [1.29, 1.82) is 0 Å². The van der Waals surface area contributed by atoms with Crippen molar-refractivity contribution in [2.24, 2.45) is 5.73 Å². The maximum absolute atomic E-state index is 11.3. The third-order valence-electron chi connectivity index (χ3n) is 2.04. The average molecular weight is 226 g/mol. The highest BCUT2D eigenvalue weighted by Gasteiger charge is 2.16. The van der Waals surface area contributed by atoms with Crippen LogP contribution in [-0.2, 0) is 16.1 Å². The van der Waals surface area contributed by atoms with Crippen molar-refractivity contribution in [3.8, 4) is 0 Å². The summed E-state index contributed by atoms with van der Waals surface area (Å²) in [6, 6.07) is -0.693. The lowest BCUT2D eigenvalue weighted by molar-refractivity contribution is -0.145. The van der Waals surface area contributed by atoms with Crippen LogP contribution in [0.1, 0.15) is 32.5 Å². The Morgan fingerprint density at radius 3 is 2.81 bits per heavy atom. The zero-order chi connectivity index (χ0) is 12.1. The second kappa shape index (κ2) is 5.60. The summed E-state index contributed by atoms with van der Waals surface area (Å²) >= 11 is 0. The Morgan fingerprint density at radius 1 is 1.62 bits per heavy atom. The van der Waals surface area contributed by atoms with Gasteiger partial charge in [-0.2, -0.15) is 5.10 Å². The van der Waals surface area contributed by atoms with Crippen molar-refractivity contribution in [2.45, 2.75) is 39.3 Å². The molecule has 0 aromatic carbocycles. The maximum Gasteiger partial charge on any atom is 0.324 e. The molecule has 6 nitrogen and oxygen atoms in total. The van der Waals surface area contributed by atoms with Crippen LogP contribution in [0.25, 0.3) is 0 Å². The minimum absolute atomic E-state index is 0.264. The highest BCUT2D eigenvalue weighted by atomic mass is 16.5. The summed E-state index contributed by atoms with van der Waals surface area (Å²) in [5, 5.41) is 4.21. The zero-order valence-corrected chi connectivity index (χ0v) is 9.88. The third kappa shape index (κ3) is 3.30. The number of esters is 1. The third-order valence-corrected chi connectivity index (χ3v) is 2.04. The second-order valence-electron chi connectivity index (χ2n) is 3.84. The SMILES string of the molecule is CCOC(=O)C(N)Cn1cnc(C(C)C)n1. The van der Waals surface area contributed by atoms with Crippen molar-refractivity contribution in [3.63, 3.8) is 0 Å². The van der Waals surface area contributed by atoms with Gasteiger partial charge in [0.05, 0.1) is 13.2 Å². The molecule has 0 saturated carbocycles. The number of ether oxygens (including phenoxy) is 1. The fraction of sp³-hybridized carbons (Fsp3) is 0.700. The van der Waals surface area contributed by atoms with Crippen LogP contribution in [-0.4, -0.2) is 33.4 Å². The molecular weight excluding hydrogens is 208 g/mol. The molecule has 1 heterocycles. The molecular formula is C10H18N4O2. The van der Waals surface area contributed by atoms with Crippen molar-refractivity contribution >= 4 is 5.97 Å². The van der Waals surface area contributed by atoms with Crippen molar-refractivity contribution < 1.29 is 9.53 Å². The van der Waals surface area contributed by atoms with Crippen LogP contribution in [0.4, 0.5) is 0 Å². The Bertz CT molecular complexity index is 348. The highest BCUT2D eigenvalue weighted by molar-refractivity contribution is 5.75. The first-order valence-corrected chi connectivity index (χ1v) is 5.36. The summed E-state index contributed by atoms with van der Waals surface area (Å²) in [6.07, 6.45) is 1.58. The topological polar surface area (TPSA) is 83.0 Å². The number of aromatic nitrogens is 3. The lowest BCUT2D eigenvalue weighted by atomic mass is 10.2. The van der Waals surface area contributed by atoms with Gasteiger partial charge in [0.25, 0.3) is 0 Å². The summed E-state index contributed by atoms with van der Waals surface area (Å²) in [6.45, 7) is 6.38. The lowest BCUT2D eigenvalue weighted by Gasteiger charge is -2.09. The Labute approximate surface area is 94.8 Å². The minimum Gasteiger partial charge on any atom is -0.465 e. The molecule has 0 amide bonds. The van der Waals surface area contributed by atoms with Crippen molar-refractivity contribution in [1.82, 2.24) is 14.8 Å². The molecule has 1 atom stereocenters. The van der Waals surface area contributed by atoms with Crippen molar-refractivity contribution in [2.75, 3.05) is 6.61 Å². The summed E-state index contributed by atoms with van der Waals surface area (Å²) in [7, 11) is 0. The van der Waals surface area contributed by atoms with E-state index in [9.17, 15) is 4.79 Å². The molecule has 0 saturated heterocycles. The van der Waals surface area contributed by atoms with Gasteiger partial charge in [-0.1, -0.05) is 13.8 Å². The van der Waals surface area contributed by atoms with Gasteiger partial charge < -0.3 is 10.5 Å². The van der Waals surface area contributed by atoms with Crippen LogP contribution in [0.5, 0.6) is 0 Å². The number of hydrogen-bond donors (Lipinski definition) is 1. The number of hydrogen-bond acceptors (Lipinski definition) is 5. The van der Waals surface area contributed by atoms with Crippen LogP contribution in [0.2, 0.25) is 0 Å². The molecule has 6 heteroatoms. The first kappa shape index (κ1) is 12.6. The molecule has 2 N–H and O–H groups in total. The first-order chi connectivity index (χ1) is 7.54. The van der Waals surface area contributed by atoms with Gasteiger partial charge in [-0.3, -0.25) is 9.48 Å². The highest BCUT2D eigenvalue weighted by Crippen LogP contribution is 2.06. The molecule has 0 aliphatic carbocycles. The molecule has 1 rings (SSSR count). The molecule has 0 spiro atoms. The number of rotatable bonds is 5. The van der Waals surface area contributed by atoms with Gasteiger partial charge in [0, 0.05) is 5.92 Å². The molecule has 1 aromatic heterocycles. The number of nitrogens with two attached hydrogens (primary N) is 1. The van der Waals surface area contributed by atoms with E-state index >= 15 is 0 Å². The summed E-state index contributed by atoms with van der Waals surface area (Å²) in [5.41, 5.74) is 5.66. The Kier molecular flexibility index (Phi) is 4.42. The van der Waals surface area contributed by atoms with Gasteiger partial charge in [0.2, 0.25) is 0 Å². The molecule has 16 heavy (non-hydrogen) atoms. The normalized spacial score (nSPS) is 12.8. The molecule has 90 valence electrons. The minimum atomic E-state index is -0.693. The summed E-state index contributed by atoms with van der Waals surface area (Å²) in [5.74, 6) is 0.597. The average Bonchev–Trinajstić information content (AvgIpc) is 2.66. The van der Waals surface area contributed by atoms with Gasteiger partial charge in [0.15, 0.2) is 5.82 Å². The van der Waals surface area contributed by atoms with E-state index in [1.165, 1.54) is 0 Å². The van der Waals surface area contributed by atoms with Gasteiger partial charge in [-0.25, -0.2) is 4.98 Å². The molecule has 0 aliphatic rings. The van der Waals surface area contributed by atoms with Crippen LogP contribution in [0.15, 0.2) is 6.33 Å². The molecule has 1 unspecified atom stereocenters. The van der Waals surface area contributed by atoms with Gasteiger partial charge in [-0.05, 0) is 6.92 Å². The van der Waals surface area contributed by atoms with Gasteiger partial charge in [-0.15, -0.1) is 0 Å². The summed E-state index contributed by atoms with van der Waals surface area (Å²) in [4.78, 5) is 15.4. The smallest absolute Gasteiger partial charge is 0.324 e. The van der Waals surface area contributed by atoms with E-state index in [4.69, 9.17) is 10.5 Å². The Hall–Kier alpha value is -1.43. The van der Waals surface area contributed by atoms with Gasteiger partial charge >= 0.3 is 5.97 Å². The zero-order valence-electron chi connectivity index (χ0n) is 9.88. The van der Waals surface area contributed by atoms with E-state index < -0.39 is 12.0 Å². The maximum atomic E-state index is 11.3. The van der Waals surface area contributed by atoms with E-state index in [1.807, 2.05) is 13.8 Å². The number of nitrogens with zero attached hydrogens (tertiary/aromatic N) is 3. The lowest BCUT2D eigenvalue weighted by Crippen LogP contribution is -2.36. The number of carbonyl (C=O) groups is 1. The van der Waals surface area contributed by atoms with E-state index in [-0.39, 0.29) is 5.92 Å². The second-order valence-corrected chi connectivity index (χ2v) is 3.84. The van der Waals surface area contributed by atoms with E-state index in [0.717, 1.165) is 5.82 Å².